The second kappa shape index (κ2) is 6.44. The van der Waals surface area contributed by atoms with E-state index < -0.39 is 0 Å². The van der Waals surface area contributed by atoms with Crippen LogP contribution in [0.1, 0.15) is 45.7 Å². The van der Waals surface area contributed by atoms with Crippen molar-refractivity contribution >= 4 is 16.8 Å². The number of hydrogen-bond acceptors (Lipinski definition) is 2. The lowest BCUT2D eigenvalue weighted by atomic mass is 10.0. The molecule has 1 N–H and O–H groups in total. The van der Waals surface area contributed by atoms with Crippen LogP contribution in [0.25, 0.3) is 10.9 Å². The number of aryl methyl sites for hydroxylation is 3. The lowest BCUT2D eigenvalue weighted by Gasteiger charge is -2.16. The third-order valence-corrected chi connectivity index (χ3v) is 4.27. The molecule has 0 saturated carbocycles. The fourth-order valence-corrected chi connectivity index (χ4v) is 3.10. The Kier molecular flexibility index (Phi) is 4.34. The molecule has 0 radical (unpaired) electrons. The molecule has 3 heteroatoms. The van der Waals surface area contributed by atoms with Crippen molar-refractivity contribution in [2.75, 3.05) is 0 Å². The molecule has 1 atom stereocenters. The van der Waals surface area contributed by atoms with Crippen molar-refractivity contribution in [2.24, 2.45) is 0 Å². The van der Waals surface area contributed by atoms with Gasteiger partial charge in [0.2, 0.25) is 0 Å². The first-order valence-corrected chi connectivity index (χ1v) is 8.20. The van der Waals surface area contributed by atoms with Gasteiger partial charge >= 0.3 is 0 Å². The van der Waals surface area contributed by atoms with Crippen LogP contribution in [-0.4, -0.2) is 10.9 Å². The minimum Gasteiger partial charge on any atom is -0.345 e. The predicted molar refractivity (Wildman–Crippen MR) is 98.3 cm³/mol. The summed E-state index contributed by atoms with van der Waals surface area (Å²) in [6.07, 6.45) is 0. The summed E-state index contributed by atoms with van der Waals surface area (Å²) in [4.78, 5) is 17.5. The van der Waals surface area contributed by atoms with Crippen molar-refractivity contribution in [3.63, 3.8) is 0 Å². The molecule has 0 spiro atoms. The standard InChI is InChI=1S/C21H22N2O/c1-13-10-14(2)20-18(11-13)19(12-15(3)22-20)21(24)23-16(4)17-8-6-5-7-9-17/h5-12,16H,1-4H3,(H,23,24). The van der Waals surface area contributed by atoms with Gasteiger partial charge in [-0.3, -0.25) is 9.78 Å². The topological polar surface area (TPSA) is 42.0 Å². The van der Waals surface area contributed by atoms with Gasteiger partial charge in [0.15, 0.2) is 0 Å². The van der Waals surface area contributed by atoms with Gasteiger partial charge < -0.3 is 5.32 Å². The van der Waals surface area contributed by atoms with Crippen molar-refractivity contribution in [1.29, 1.82) is 0 Å². The average molecular weight is 318 g/mol. The SMILES string of the molecule is Cc1cc(C)c2nc(C)cc(C(=O)NC(C)c3ccccc3)c2c1. The average Bonchev–Trinajstić information content (AvgIpc) is 2.55. The third-order valence-electron chi connectivity index (χ3n) is 4.27. The van der Waals surface area contributed by atoms with E-state index in [1.807, 2.05) is 70.2 Å². The number of benzene rings is 2. The molecule has 3 nitrogen and oxygen atoms in total. The molecule has 1 heterocycles. The molecule has 0 fully saturated rings. The molecular formula is C21H22N2O. The second-order valence-electron chi connectivity index (χ2n) is 6.40. The summed E-state index contributed by atoms with van der Waals surface area (Å²) in [5, 5.41) is 4.02. The number of fused-ring (bicyclic) bond motifs is 1. The number of carbonyl (C=O) groups is 1. The van der Waals surface area contributed by atoms with E-state index in [1.54, 1.807) is 0 Å². The van der Waals surface area contributed by atoms with Crippen LogP contribution in [0.5, 0.6) is 0 Å². The van der Waals surface area contributed by atoms with E-state index in [9.17, 15) is 4.79 Å². The van der Waals surface area contributed by atoms with E-state index in [-0.39, 0.29) is 11.9 Å². The van der Waals surface area contributed by atoms with Crippen LogP contribution >= 0.6 is 0 Å². The Bertz CT molecular complexity index is 901. The molecule has 1 unspecified atom stereocenters. The van der Waals surface area contributed by atoms with E-state index in [1.165, 1.54) is 0 Å². The molecule has 122 valence electrons. The van der Waals surface area contributed by atoms with Crippen LogP contribution in [0, 0.1) is 20.8 Å². The predicted octanol–water partition coefficient (Wildman–Crippen LogP) is 4.65. The Morgan fingerprint density at radius 3 is 2.46 bits per heavy atom. The smallest absolute Gasteiger partial charge is 0.252 e. The maximum absolute atomic E-state index is 12.9. The summed E-state index contributed by atoms with van der Waals surface area (Å²) >= 11 is 0. The number of aromatic nitrogens is 1. The molecule has 0 aliphatic rings. The Morgan fingerprint density at radius 2 is 1.75 bits per heavy atom. The van der Waals surface area contributed by atoms with Gasteiger partial charge in [-0.05, 0) is 51.0 Å². The van der Waals surface area contributed by atoms with Crippen LogP contribution in [0.4, 0.5) is 0 Å². The number of hydrogen-bond donors (Lipinski definition) is 1. The summed E-state index contributed by atoms with van der Waals surface area (Å²) in [5.41, 5.74) is 5.76. The van der Waals surface area contributed by atoms with E-state index >= 15 is 0 Å². The lowest BCUT2D eigenvalue weighted by molar-refractivity contribution is 0.0941. The van der Waals surface area contributed by atoms with Crippen LogP contribution in [0.2, 0.25) is 0 Å². The molecular weight excluding hydrogens is 296 g/mol. The summed E-state index contributed by atoms with van der Waals surface area (Å²) < 4.78 is 0. The molecule has 24 heavy (non-hydrogen) atoms. The molecule has 3 aromatic rings. The van der Waals surface area contributed by atoms with Crippen molar-refractivity contribution < 1.29 is 4.79 Å². The van der Waals surface area contributed by atoms with Crippen LogP contribution in [-0.2, 0) is 0 Å². The number of nitrogens with one attached hydrogen (secondary N) is 1. The summed E-state index contributed by atoms with van der Waals surface area (Å²) in [6.45, 7) is 8.01. The largest absolute Gasteiger partial charge is 0.345 e. The Balaban J connectivity index is 2.01. The van der Waals surface area contributed by atoms with Crippen molar-refractivity contribution in [2.45, 2.75) is 33.7 Å². The maximum Gasteiger partial charge on any atom is 0.252 e. The van der Waals surface area contributed by atoms with Gasteiger partial charge in [-0.1, -0.05) is 42.0 Å². The molecule has 0 saturated heterocycles. The lowest BCUT2D eigenvalue weighted by Crippen LogP contribution is -2.27. The number of amides is 1. The zero-order chi connectivity index (χ0) is 17.3. The fourth-order valence-electron chi connectivity index (χ4n) is 3.10. The highest BCUT2D eigenvalue weighted by Gasteiger charge is 2.16. The molecule has 2 aromatic carbocycles. The number of nitrogens with zero attached hydrogens (tertiary/aromatic N) is 1. The Hall–Kier alpha value is -2.68. The van der Waals surface area contributed by atoms with E-state index in [0.717, 1.165) is 33.3 Å². The van der Waals surface area contributed by atoms with Gasteiger partial charge in [0, 0.05) is 11.1 Å². The number of carbonyl (C=O) groups excluding carboxylic acids is 1. The normalized spacial score (nSPS) is 12.2. The minimum absolute atomic E-state index is 0.0480. The van der Waals surface area contributed by atoms with Gasteiger partial charge in [-0.15, -0.1) is 0 Å². The third kappa shape index (κ3) is 3.16. The van der Waals surface area contributed by atoms with Crippen molar-refractivity contribution in [3.05, 3.63) is 76.5 Å². The maximum atomic E-state index is 12.9. The molecule has 0 bridgehead atoms. The highest BCUT2D eigenvalue weighted by atomic mass is 16.1. The van der Waals surface area contributed by atoms with Crippen LogP contribution in [0.3, 0.4) is 0 Å². The van der Waals surface area contributed by atoms with Crippen molar-refractivity contribution in [3.8, 4) is 0 Å². The molecule has 1 amide bonds. The second-order valence-corrected chi connectivity index (χ2v) is 6.40. The summed E-state index contributed by atoms with van der Waals surface area (Å²) in [6, 6.07) is 15.9. The quantitative estimate of drug-likeness (QED) is 0.763. The molecule has 3 rings (SSSR count). The monoisotopic (exact) mass is 318 g/mol. The first-order valence-electron chi connectivity index (χ1n) is 8.20. The molecule has 0 aliphatic carbocycles. The number of pyridine rings is 1. The first-order chi connectivity index (χ1) is 11.5. The summed E-state index contributed by atoms with van der Waals surface area (Å²) in [5.74, 6) is -0.0631. The van der Waals surface area contributed by atoms with Crippen LogP contribution in [0.15, 0.2) is 48.5 Å². The number of rotatable bonds is 3. The Morgan fingerprint density at radius 1 is 1.04 bits per heavy atom. The van der Waals surface area contributed by atoms with Crippen molar-refractivity contribution in [1.82, 2.24) is 10.3 Å². The highest BCUT2D eigenvalue weighted by Crippen LogP contribution is 2.24. The first kappa shape index (κ1) is 16.2. The van der Waals surface area contributed by atoms with Gasteiger partial charge in [0.1, 0.15) is 0 Å². The van der Waals surface area contributed by atoms with Gasteiger partial charge in [0.25, 0.3) is 5.91 Å². The molecule has 0 aliphatic heterocycles. The zero-order valence-corrected chi connectivity index (χ0v) is 14.6. The van der Waals surface area contributed by atoms with E-state index in [0.29, 0.717) is 5.56 Å². The van der Waals surface area contributed by atoms with Gasteiger partial charge in [0.05, 0.1) is 17.1 Å². The Labute approximate surface area is 142 Å². The van der Waals surface area contributed by atoms with Crippen LogP contribution < -0.4 is 5.32 Å². The van der Waals surface area contributed by atoms with E-state index in [4.69, 9.17) is 0 Å². The highest BCUT2D eigenvalue weighted by molar-refractivity contribution is 6.07. The van der Waals surface area contributed by atoms with Gasteiger partial charge in [-0.2, -0.15) is 0 Å². The van der Waals surface area contributed by atoms with Gasteiger partial charge in [-0.25, -0.2) is 0 Å². The minimum atomic E-state index is -0.0631. The zero-order valence-electron chi connectivity index (χ0n) is 14.6. The molecule has 1 aromatic heterocycles. The summed E-state index contributed by atoms with van der Waals surface area (Å²) in [7, 11) is 0. The van der Waals surface area contributed by atoms with E-state index in [2.05, 4.69) is 16.4 Å². The fraction of sp³-hybridized carbons (Fsp3) is 0.238.